The summed E-state index contributed by atoms with van der Waals surface area (Å²) in [5.41, 5.74) is 4.73. The normalized spacial score (nSPS) is 10.8. The predicted molar refractivity (Wildman–Crippen MR) is 123 cm³/mol. The molecule has 3 aromatic carbocycles. The molecule has 4 aromatic rings. The molecule has 0 saturated carbocycles. The average Bonchev–Trinajstić information content (AvgIpc) is 3.23. The molecule has 0 unspecified atom stereocenters. The summed E-state index contributed by atoms with van der Waals surface area (Å²) in [5, 5.41) is 11.8. The zero-order valence-electron chi connectivity index (χ0n) is 16.6. The molecule has 1 heterocycles. The van der Waals surface area contributed by atoms with Crippen LogP contribution in [0.4, 0.5) is 4.39 Å². The number of carbonyl (C=O) groups is 1. The van der Waals surface area contributed by atoms with Gasteiger partial charge in [0, 0.05) is 21.0 Å². The quantitative estimate of drug-likeness (QED) is 0.330. The van der Waals surface area contributed by atoms with Gasteiger partial charge in [0.05, 0.1) is 5.56 Å². The maximum absolute atomic E-state index is 13.2. The summed E-state index contributed by atoms with van der Waals surface area (Å²) in [7, 11) is 0. The van der Waals surface area contributed by atoms with E-state index in [-0.39, 0.29) is 11.4 Å². The number of benzene rings is 3. The minimum atomic E-state index is -0.952. The van der Waals surface area contributed by atoms with Crippen molar-refractivity contribution in [2.45, 2.75) is 13.5 Å². The molecule has 1 aromatic heterocycles. The molecule has 4 rings (SSSR count). The molecule has 0 aliphatic carbocycles. The average molecular weight is 453 g/mol. The number of rotatable bonds is 6. The largest absolute Gasteiger partial charge is 0.488 e. The minimum Gasteiger partial charge on any atom is -0.488 e. The molecule has 6 heteroatoms. The number of carboxylic acids is 1. The topological polar surface area (TPSA) is 46.5 Å². The second-order valence-electron chi connectivity index (χ2n) is 7.05. The van der Waals surface area contributed by atoms with E-state index in [4.69, 9.17) is 16.3 Å². The van der Waals surface area contributed by atoms with Gasteiger partial charge in [0.25, 0.3) is 0 Å². The van der Waals surface area contributed by atoms with Gasteiger partial charge in [0.15, 0.2) is 0 Å². The van der Waals surface area contributed by atoms with E-state index >= 15 is 0 Å². The summed E-state index contributed by atoms with van der Waals surface area (Å²) in [6.45, 7) is 2.19. The zero-order valence-corrected chi connectivity index (χ0v) is 18.1. The summed E-state index contributed by atoms with van der Waals surface area (Å²) in [5.74, 6) is -0.580. The number of carboxylic acid groups (broad SMARTS) is 1. The second kappa shape index (κ2) is 8.92. The van der Waals surface area contributed by atoms with Crippen LogP contribution in [0.3, 0.4) is 0 Å². The molecule has 0 atom stereocenters. The summed E-state index contributed by atoms with van der Waals surface area (Å²) >= 11 is 7.86. The van der Waals surface area contributed by atoms with E-state index in [2.05, 4.69) is 0 Å². The first kappa shape index (κ1) is 21.1. The lowest BCUT2D eigenvalue weighted by Crippen LogP contribution is -1.98. The Hall–Kier alpha value is -3.15. The van der Waals surface area contributed by atoms with Crippen molar-refractivity contribution in [1.82, 2.24) is 0 Å². The predicted octanol–water partition coefficient (Wildman–Crippen LogP) is 7.46. The molecule has 0 aliphatic heterocycles. The Morgan fingerprint density at radius 1 is 1.00 bits per heavy atom. The van der Waals surface area contributed by atoms with Crippen molar-refractivity contribution < 1.29 is 19.0 Å². The van der Waals surface area contributed by atoms with Crippen LogP contribution in [-0.2, 0) is 6.61 Å². The smallest absolute Gasteiger partial charge is 0.335 e. The molecule has 0 saturated heterocycles. The molecular formula is C25H18ClFO3S. The van der Waals surface area contributed by atoms with Crippen LogP contribution >= 0.6 is 22.9 Å². The lowest BCUT2D eigenvalue weighted by Gasteiger charge is -2.14. The molecule has 0 aliphatic rings. The van der Waals surface area contributed by atoms with Crippen LogP contribution in [0.1, 0.15) is 21.5 Å². The summed E-state index contributed by atoms with van der Waals surface area (Å²) in [4.78, 5) is 12.3. The molecule has 0 spiro atoms. The van der Waals surface area contributed by atoms with Crippen LogP contribution < -0.4 is 4.74 Å². The Morgan fingerprint density at radius 3 is 2.48 bits per heavy atom. The first-order chi connectivity index (χ1) is 14.9. The third-order valence-electron chi connectivity index (χ3n) is 4.92. The molecule has 3 nitrogen and oxygen atoms in total. The number of halogens is 2. The lowest BCUT2D eigenvalue weighted by atomic mass is 9.98. The standard InChI is InChI=1S/C25H18ClFO3S/c1-15-12-17(25(28)29)4-8-20(15)24-21(10-11-31-24)22-13-18(26)5-9-23(22)30-14-16-2-6-19(27)7-3-16/h2-13H,14H2,1H3,(H,28,29). The number of hydrogen-bond acceptors (Lipinski definition) is 3. The van der Waals surface area contributed by atoms with E-state index in [0.29, 0.717) is 17.4 Å². The summed E-state index contributed by atoms with van der Waals surface area (Å²) in [6, 6.07) is 18.7. The monoisotopic (exact) mass is 452 g/mol. The van der Waals surface area contributed by atoms with E-state index in [1.165, 1.54) is 12.1 Å². The molecule has 0 fully saturated rings. The van der Waals surface area contributed by atoms with Crippen molar-refractivity contribution in [1.29, 1.82) is 0 Å². The molecule has 0 radical (unpaired) electrons. The van der Waals surface area contributed by atoms with Crippen LogP contribution in [0.15, 0.2) is 72.1 Å². The van der Waals surface area contributed by atoms with Gasteiger partial charge in [0.1, 0.15) is 18.2 Å². The van der Waals surface area contributed by atoms with E-state index in [1.807, 2.05) is 36.6 Å². The third-order valence-corrected chi connectivity index (χ3v) is 6.11. The van der Waals surface area contributed by atoms with Gasteiger partial charge in [-0.2, -0.15) is 0 Å². The number of thiophene rings is 1. The maximum Gasteiger partial charge on any atom is 0.335 e. The molecule has 156 valence electrons. The Labute approximate surface area is 188 Å². The Morgan fingerprint density at radius 2 is 1.77 bits per heavy atom. The van der Waals surface area contributed by atoms with E-state index < -0.39 is 5.97 Å². The fourth-order valence-electron chi connectivity index (χ4n) is 3.36. The number of aryl methyl sites for hydroxylation is 1. The van der Waals surface area contributed by atoms with Crippen molar-refractivity contribution in [2.24, 2.45) is 0 Å². The number of aromatic carboxylic acids is 1. The van der Waals surface area contributed by atoms with Crippen molar-refractivity contribution in [3.05, 3.63) is 99.6 Å². The third kappa shape index (κ3) is 4.63. The SMILES string of the molecule is Cc1cc(C(=O)O)ccc1-c1sccc1-c1cc(Cl)ccc1OCc1ccc(F)cc1. The second-order valence-corrected chi connectivity index (χ2v) is 8.41. The number of hydrogen-bond donors (Lipinski definition) is 1. The first-order valence-corrected chi connectivity index (χ1v) is 10.8. The van der Waals surface area contributed by atoms with Gasteiger partial charge in [-0.15, -0.1) is 11.3 Å². The van der Waals surface area contributed by atoms with E-state index in [1.54, 1.807) is 41.7 Å². The van der Waals surface area contributed by atoms with Gasteiger partial charge in [-0.3, -0.25) is 0 Å². The fraction of sp³-hybridized carbons (Fsp3) is 0.0800. The van der Waals surface area contributed by atoms with Crippen LogP contribution in [-0.4, -0.2) is 11.1 Å². The molecule has 31 heavy (non-hydrogen) atoms. The zero-order chi connectivity index (χ0) is 22.0. The molecular weight excluding hydrogens is 435 g/mol. The van der Waals surface area contributed by atoms with Gasteiger partial charge >= 0.3 is 5.97 Å². The molecule has 1 N–H and O–H groups in total. The van der Waals surface area contributed by atoms with Crippen molar-refractivity contribution in [2.75, 3.05) is 0 Å². The van der Waals surface area contributed by atoms with E-state index in [0.717, 1.165) is 32.7 Å². The lowest BCUT2D eigenvalue weighted by molar-refractivity contribution is 0.0697. The van der Waals surface area contributed by atoms with Crippen LogP contribution in [0.2, 0.25) is 5.02 Å². The van der Waals surface area contributed by atoms with Crippen molar-refractivity contribution in [3.8, 4) is 27.3 Å². The summed E-state index contributed by atoms with van der Waals surface area (Å²) < 4.78 is 19.2. The number of ether oxygens (including phenoxy) is 1. The minimum absolute atomic E-state index is 0.255. The van der Waals surface area contributed by atoms with Gasteiger partial charge in [-0.1, -0.05) is 29.8 Å². The highest BCUT2D eigenvalue weighted by molar-refractivity contribution is 7.14. The van der Waals surface area contributed by atoms with Gasteiger partial charge in [-0.05, 0) is 77.5 Å². The summed E-state index contributed by atoms with van der Waals surface area (Å²) in [6.07, 6.45) is 0. The van der Waals surface area contributed by atoms with E-state index in [9.17, 15) is 14.3 Å². The highest BCUT2D eigenvalue weighted by atomic mass is 35.5. The van der Waals surface area contributed by atoms with Gasteiger partial charge in [-0.25, -0.2) is 9.18 Å². The van der Waals surface area contributed by atoms with Crippen molar-refractivity contribution in [3.63, 3.8) is 0 Å². The molecule has 0 bridgehead atoms. The molecule has 0 amide bonds. The maximum atomic E-state index is 13.2. The fourth-order valence-corrected chi connectivity index (χ4v) is 4.53. The van der Waals surface area contributed by atoms with Crippen LogP contribution in [0.5, 0.6) is 5.75 Å². The van der Waals surface area contributed by atoms with Crippen molar-refractivity contribution >= 4 is 28.9 Å². The Kier molecular flexibility index (Phi) is 6.07. The van der Waals surface area contributed by atoms with Gasteiger partial charge < -0.3 is 9.84 Å². The Bertz CT molecular complexity index is 1250. The van der Waals surface area contributed by atoms with Crippen LogP contribution in [0, 0.1) is 12.7 Å². The highest BCUT2D eigenvalue weighted by Gasteiger charge is 2.17. The Balaban J connectivity index is 1.71. The van der Waals surface area contributed by atoms with Crippen LogP contribution in [0.25, 0.3) is 21.6 Å². The first-order valence-electron chi connectivity index (χ1n) is 9.51. The highest BCUT2D eigenvalue weighted by Crippen LogP contribution is 2.43. The van der Waals surface area contributed by atoms with Gasteiger partial charge in [0.2, 0.25) is 0 Å².